The highest BCUT2D eigenvalue weighted by molar-refractivity contribution is 5.05. The van der Waals surface area contributed by atoms with E-state index >= 15 is 0 Å². The van der Waals surface area contributed by atoms with Crippen LogP contribution in [0.2, 0.25) is 0 Å². The Labute approximate surface area is 73.6 Å². The zero-order chi connectivity index (χ0) is 9.14. The maximum atomic E-state index is 5.67. The summed E-state index contributed by atoms with van der Waals surface area (Å²) in [4.78, 5) is 0. The van der Waals surface area contributed by atoms with E-state index in [4.69, 9.17) is 5.73 Å². The van der Waals surface area contributed by atoms with Crippen LogP contribution in [0.25, 0.3) is 0 Å². The standard InChI is InChI=1S/C9H17N3/c1-7(2)12-6-9(5-11-12)4-8(3)10/h5-8H,4,10H2,1-3H3/t8-/m1/s1. The van der Waals surface area contributed by atoms with Crippen LogP contribution in [0.1, 0.15) is 32.4 Å². The summed E-state index contributed by atoms with van der Waals surface area (Å²) in [7, 11) is 0. The van der Waals surface area contributed by atoms with Gasteiger partial charge in [-0.2, -0.15) is 5.10 Å². The van der Waals surface area contributed by atoms with Crippen LogP contribution in [0.5, 0.6) is 0 Å². The average molecular weight is 167 g/mol. The number of hydrogen-bond donors (Lipinski definition) is 1. The van der Waals surface area contributed by atoms with Crippen molar-refractivity contribution in [2.24, 2.45) is 5.73 Å². The molecule has 0 saturated carbocycles. The summed E-state index contributed by atoms with van der Waals surface area (Å²) in [5.41, 5.74) is 6.89. The van der Waals surface area contributed by atoms with Gasteiger partial charge < -0.3 is 5.73 Å². The molecule has 68 valence electrons. The van der Waals surface area contributed by atoms with E-state index in [0.717, 1.165) is 6.42 Å². The largest absolute Gasteiger partial charge is 0.328 e. The van der Waals surface area contributed by atoms with Crippen LogP contribution in [0.3, 0.4) is 0 Å². The van der Waals surface area contributed by atoms with Crippen molar-refractivity contribution >= 4 is 0 Å². The lowest BCUT2D eigenvalue weighted by molar-refractivity contribution is 0.532. The Morgan fingerprint density at radius 2 is 2.17 bits per heavy atom. The molecule has 0 aliphatic carbocycles. The first-order chi connectivity index (χ1) is 5.59. The maximum absolute atomic E-state index is 5.67. The smallest absolute Gasteiger partial charge is 0.0522 e. The van der Waals surface area contributed by atoms with Crippen LogP contribution in [-0.4, -0.2) is 15.8 Å². The first kappa shape index (κ1) is 9.26. The van der Waals surface area contributed by atoms with Gasteiger partial charge in [0.05, 0.1) is 6.20 Å². The van der Waals surface area contributed by atoms with Crippen molar-refractivity contribution < 1.29 is 0 Å². The van der Waals surface area contributed by atoms with Gasteiger partial charge in [0.1, 0.15) is 0 Å². The highest BCUT2D eigenvalue weighted by Crippen LogP contribution is 2.06. The fourth-order valence-corrected chi connectivity index (χ4v) is 1.14. The predicted molar refractivity (Wildman–Crippen MR) is 50.0 cm³/mol. The van der Waals surface area contributed by atoms with E-state index in [-0.39, 0.29) is 6.04 Å². The molecule has 0 unspecified atom stereocenters. The SMILES string of the molecule is CC(C)n1cc(C[C@@H](C)N)cn1. The molecule has 0 aliphatic heterocycles. The third-order valence-electron chi connectivity index (χ3n) is 1.74. The van der Waals surface area contributed by atoms with Gasteiger partial charge in [0.2, 0.25) is 0 Å². The van der Waals surface area contributed by atoms with E-state index in [1.807, 2.05) is 17.8 Å². The van der Waals surface area contributed by atoms with Crippen molar-refractivity contribution in [2.75, 3.05) is 0 Å². The van der Waals surface area contributed by atoms with Crippen LogP contribution < -0.4 is 5.73 Å². The zero-order valence-corrected chi connectivity index (χ0v) is 7.99. The Bertz CT molecular complexity index is 238. The molecule has 1 aromatic rings. The first-order valence-corrected chi connectivity index (χ1v) is 4.38. The molecule has 0 amide bonds. The van der Waals surface area contributed by atoms with E-state index in [9.17, 15) is 0 Å². The van der Waals surface area contributed by atoms with E-state index in [1.54, 1.807) is 0 Å². The number of hydrogen-bond acceptors (Lipinski definition) is 2. The van der Waals surface area contributed by atoms with Gasteiger partial charge in [0.15, 0.2) is 0 Å². The molecular formula is C9H17N3. The summed E-state index contributed by atoms with van der Waals surface area (Å²) in [6, 6.07) is 0.654. The molecule has 0 aliphatic rings. The first-order valence-electron chi connectivity index (χ1n) is 4.38. The van der Waals surface area contributed by atoms with Crippen molar-refractivity contribution in [3.8, 4) is 0 Å². The molecule has 0 saturated heterocycles. The van der Waals surface area contributed by atoms with Crippen LogP contribution in [0.15, 0.2) is 12.4 Å². The van der Waals surface area contributed by atoms with Crippen LogP contribution >= 0.6 is 0 Å². The maximum Gasteiger partial charge on any atom is 0.0522 e. The van der Waals surface area contributed by atoms with Gasteiger partial charge in [-0.3, -0.25) is 4.68 Å². The normalized spacial score (nSPS) is 13.8. The second-order valence-electron chi connectivity index (χ2n) is 3.60. The fourth-order valence-electron chi connectivity index (χ4n) is 1.14. The molecule has 1 atom stereocenters. The fraction of sp³-hybridized carbons (Fsp3) is 0.667. The van der Waals surface area contributed by atoms with Crippen molar-refractivity contribution in [1.29, 1.82) is 0 Å². The Morgan fingerprint density at radius 1 is 1.50 bits per heavy atom. The third kappa shape index (κ3) is 2.34. The molecule has 0 spiro atoms. The highest BCUT2D eigenvalue weighted by atomic mass is 15.3. The minimum atomic E-state index is 0.217. The second-order valence-corrected chi connectivity index (χ2v) is 3.60. The molecular weight excluding hydrogens is 150 g/mol. The Morgan fingerprint density at radius 3 is 2.58 bits per heavy atom. The van der Waals surface area contributed by atoms with Gasteiger partial charge in [-0.1, -0.05) is 0 Å². The third-order valence-corrected chi connectivity index (χ3v) is 1.74. The predicted octanol–water partition coefficient (Wildman–Crippen LogP) is 1.35. The Hall–Kier alpha value is -0.830. The summed E-state index contributed by atoms with van der Waals surface area (Å²) in [5.74, 6) is 0. The molecule has 0 fully saturated rings. The molecule has 1 heterocycles. The van der Waals surface area contributed by atoms with Gasteiger partial charge in [0.25, 0.3) is 0 Å². The number of nitrogens with two attached hydrogens (primary N) is 1. The van der Waals surface area contributed by atoms with E-state index in [0.29, 0.717) is 6.04 Å². The van der Waals surface area contributed by atoms with E-state index < -0.39 is 0 Å². The molecule has 0 bridgehead atoms. The molecule has 1 rings (SSSR count). The monoisotopic (exact) mass is 167 g/mol. The molecule has 12 heavy (non-hydrogen) atoms. The zero-order valence-electron chi connectivity index (χ0n) is 7.99. The summed E-state index contributed by atoms with van der Waals surface area (Å²) in [5, 5.41) is 4.23. The van der Waals surface area contributed by atoms with Gasteiger partial charge in [-0.05, 0) is 32.8 Å². The van der Waals surface area contributed by atoms with Gasteiger partial charge in [-0.15, -0.1) is 0 Å². The number of rotatable bonds is 3. The molecule has 0 radical (unpaired) electrons. The highest BCUT2D eigenvalue weighted by Gasteiger charge is 2.02. The van der Waals surface area contributed by atoms with Crippen molar-refractivity contribution in [3.05, 3.63) is 18.0 Å². The van der Waals surface area contributed by atoms with Gasteiger partial charge in [0, 0.05) is 18.3 Å². The summed E-state index contributed by atoms with van der Waals surface area (Å²) < 4.78 is 1.96. The summed E-state index contributed by atoms with van der Waals surface area (Å²) in [6.07, 6.45) is 4.87. The van der Waals surface area contributed by atoms with E-state index in [1.165, 1.54) is 5.56 Å². The topological polar surface area (TPSA) is 43.8 Å². The van der Waals surface area contributed by atoms with Gasteiger partial charge >= 0.3 is 0 Å². The quantitative estimate of drug-likeness (QED) is 0.738. The van der Waals surface area contributed by atoms with Crippen LogP contribution in [-0.2, 0) is 6.42 Å². The minimum Gasteiger partial charge on any atom is -0.328 e. The lowest BCUT2D eigenvalue weighted by Crippen LogP contribution is -2.17. The Balaban J connectivity index is 2.64. The lowest BCUT2D eigenvalue weighted by Gasteiger charge is -2.03. The second kappa shape index (κ2) is 3.72. The van der Waals surface area contributed by atoms with Gasteiger partial charge in [-0.25, -0.2) is 0 Å². The minimum absolute atomic E-state index is 0.217. The number of nitrogens with zero attached hydrogens (tertiary/aromatic N) is 2. The lowest BCUT2D eigenvalue weighted by atomic mass is 10.1. The van der Waals surface area contributed by atoms with Crippen molar-refractivity contribution in [3.63, 3.8) is 0 Å². The van der Waals surface area contributed by atoms with Crippen molar-refractivity contribution in [2.45, 2.75) is 39.3 Å². The average Bonchev–Trinajstić information content (AvgIpc) is 2.34. The van der Waals surface area contributed by atoms with Crippen molar-refractivity contribution in [1.82, 2.24) is 9.78 Å². The Kier molecular flexibility index (Phi) is 2.87. The summed E-state index contributed by atoms with van der Waals surface area (Å²) in [6.45, 7) is 6.23. The molecule has 2 N–H and O–H groups in total. The summed E-state index contributed by atoms with van der Waals surface area (Å²) >= 11 is 0. The molecule has 3 nitrogen and oxygen atoms in total. The molecule has 0 aromatic carbocycles. The van der Waals surface area contributed by atoms with Crippen LogP contribution in [0.4, 0.5) is 0 Å². The molecule has 1 aromatic heterocycles. The van der Waals surface area contributed by atoms with E-state index in [2.05, 4.69) is 25.1 Å². The number of aromatic nitrogens is 2. The molecule has 3 heteroatoms. The van der Waals surface area contributed by atoms with Crippen LogP contribution in [0, 0.1) is 0 Å².